The third kappa shape index (κ3) is 3.06. The molecule has 6 heteroatoms. The first kappa shape index (κ1) is 12.9. The molecule has 0 atom stereocenters. The van der Waals surface area contributed by atoms with Crippen molar-refractivity contribution >= 4 is 12.1 Å². The lowest BCUT2D eigenvalue weighted by molar-refractivity contribution is 0.0950. The van der Waals surface area contributed by atoms with Crippen LogP contribution in [0.15, 0.2) is 59.8 Å². The summed E-state index contributed by atoms with van der Waals surface area (Å²) in [5.41, 5.74) is 5.27. The third-order valence-electron chi connectivity index (χ3n) is 2.88. The average molecular weight is 279 g/mol. The Bertz CT molecular complexity index is 743. The number of rotatable bonds is 4. The van der Waals surface area contributed by atoms with E-state index in [4.69, 9.17) is 0 Å². The summed E-state index contributed by atoms with van der Waals surface area (Å²) in [6.45, 7) is 0. The van der Waals surface area contributed by atoms with Gasteiger partial charge < -0.3 is 4.98 Å². The van der Waals surface area contributed by atoms with Crippen LogP contribution in [0.25, 0.3) is 11.3 Å². The minimum absolute atomic E-state index is 0.340. The van der Waals surface area contributed by atoms with Gasteiger partial charge in [0.25, 0.3) is 5.91 Å². The first-order valence-electron chi connectivity index (χ1n) is 6.40. The summed E-state index contributed by atoms with van der Waals surface area (Å²) < 4.78 is 0. The van der Waals surface area contributed by atoms with Crippen LogP contribution in [0.5, 0.6) is 0 Å². The molecule has 6 nitrogen and oxygen atoms in total. The van der Waals surface area contributed by atoms with E-state index < -0.39 is 0 Å². The van der Waals surface area contributed by atoms with Gasteiger partial charge in [-0.25, -0.2) is 5.43 Å². The van der Waals surface area contributed by atoms with Gasteiger partial charge in [-0.2, -0.15) is 10.2 Å². The number of hydrogen-bond acceptors (Lipinski definition) is 3. The molecule has 1 amide bonds. The zero-order valence-corrected chi connectivity index (χ0v) is 11.1. The predicted molar refractivity (Wildman–Crippen MR) is 79.9 cm³/mol. The highest BCUT2D eigenvalue weighted by Crippen LogP contribution is 2.16. The Labute approximate surface area is 120 Å². The van der Waals surface area contributed by atoms with Gasteiger partial charge in [0.2, 0.25) is 0 Å². The third-order valence-corrected chi connectivity index (χ3v) is 2.88. The van der Waals surface area contributed by atoms with Crippen molar-refractivity contribution < 1.29 is 4.79 Å². The molecule has 0 bridgehead atoms. The van der Waals surface area contributed by atoms with E-state index in [1.807, 2.05) is 42.5 Å². The summed E-state index contributed by atoms with van der Waals surface area (Å²) in [6, 6.07) is 15.0. The highest BCUT2D eigenvalue weighted by atomic mass is 16.2. The van der Waals surface area contributed by atoms with Gasteiger partial charge in [0.15, 0.2) is 0 Å². The topological polar surface area (TPSA) is 85.9 Å². The van der Waals surface area contributed by atoms with Gasteiger partial charge in [-0.05, 0) is 18.2 Å². The van der Waals surface area contributed by atoms with Gasteiger partial charge >= 0.3 is 0 Å². The molecule has 0 aliphatic carbocycles. The largest absolute Gasteiger partial charge is 0.360 e. The normalized spacial score (nSPS) is 10.9. The Morgan fingerprint density at radius 2 is 2.05 bits per heavy atom. The van der Waals surface area contributed by atoms with Crippen LogP contribution in [-0.2, 0) is 0 Å². The molecule has 3 N–H and O–H groups in total. The first-order valence-corrected chi connectivity index (χ1v) is 6.40. The lowest BCUT2D eigenvalue weighted by Gasteiger charge is -1.94. The summed E-state index contributed by atoms with van der Waals surface area (Å²) in [6.07, 6.45) is 3.32. The minimum Gasteiger partial charge on any atom is -0.360 e. The van der Waals surface area contributed by atoms with Crippen molar-refractivity contribution in [3.63, 3.8) is 0 Å². The second kappa shape index (κ2) is 5.87. The number of carbonyl (C=O) groups excluding carboxylic acids is 1. The van der Waals surface area contributed by atoms with Gasteiger partial charge in [-0.3, -0.25) is 9.89 Å². The molecule has 0 unspecified atom stereocenters. The van der Waals surface area contributed by atoms with Crippen LogP contribution >= 0.6 is 0 Å². The quantitative estimate of drug-likeness (QED) is 0.505. The van der Waals surface area contributed by atoms with Crippen molar-refractivity contribution in [2.75, 3.05) is 0 Å². The Hall–Kier alpha value is -3.15. The highest BCUT2D eigenvalue weighted by Gasteiger charge is 2.09. The van der Waals surface area contributed by atoms with E-state index in [0.29, 0.717) is 11.4 Å². The van der Waals surface area contributed by atoms with Crippen molar-refractivity contribution in [1.29, 1.82) is 0 Å². The Balaban J connectivity index is 1.67. The van der Waals surface area contributed by atoms with Crippen LogP contribution in [0.2, 0.25) is 0 Å². The second-order valence-electron chi connectivity index (χ2n) is 4.36. The maximum absolute atomic E-state index is 11.9. The van der Waals surface area contributed by atoms with E-state index in [1.165, 1.54) is 6.21 Å². The number of carbonyl (C=O) groups is 1. The van der Waals surface area contributed by atoms with Crippen LogP contribution in [0.4, 0.5) is 0 Å². The maximum atomic E-state index is 11.9. The molecule has 0 aliphatic rings. The lowest BCUT2D eigenvalue weighted by Crippen LogP contribution is -2.18. The number of aromatic nitrogens is 3. The molecule has 0 saturated heterocycles. The molecular formula is C15H13N5O. The van der Waals surface area contributed by atoms with E-state index in [9.17, 15) is 4.79 Å². The van der Waals surface area contributed by atoms with E-state index in [-0.39, 0.29) is 5.91 Å². The van der Waals surface area contributed by atoms with E-state index in [1.54, 1.807) is 12.3 Å². The van der Waals surface area contributed by atoms with Crippen LogP contribution in [0.1, 0.15) is 16.2 Å². The Morgan fingerprint density at radius 1 is 1.19 bits per heavy atom. The fraction of sp³-hybridized carbons (Fsp3) is 0. The van der Waals surface area contributed by atoms with Gasteiger partial charge in [-0.1, -0.05) is 30.3 Å². The van der Waals surface area contributed by atoms with Crippen molar-refractivity contribution in [2.24, 2.45) is 5.10 Å². The molecule has 0 saturated carbocycles. The molecule has 2 aromatic heterocycles. The molecule has 21 heavy (non-hydrogen) atoms. The minimum atomic E-state index is -0.340. The van der Waals surface area contributed by atoms with Crippen LogP contribution in [0, 0.1) is 0 Å². The average Bonchev–Trinajstić information content (AvgIpc) is 3.20. The van der Waals surface area contributed by atoms with Crippen molar-refractivity contribution in [1.82, 2.24) is 20.6 Å². The molecule has 0 radical (unpaired) electrons. The molecule has 0 fully saturated rings. The number of amides is 1. The van der Waals surface area contributed by atoms with Crippen LogP contribution < -0.4 is 5.43 Å². The second-order valence-corrected chi connectivity index (χ2v) is 4.36. The smallest absolute Gasteiger partial charge is 0.289 e. The van der Waals surface area contributed by atoms with Crippen LogP contribution in [-0.4, -0.2) is 27.3 Å². The summed E-state index contributed by atoms with van der Waals surface area (Å²) in [5, 5.41) is 10.7. The number of nitrogens with zero attached hydrogens (tertiary/aromatic N) is 2. The molecule has 104 valence electrons. The van der Waals surface area contributed by atoms with Crippen LogP contribution in [0.3, 0.4) is 0 Å². The highest BCUT2D eigenvalue weighted by molar-refractivity contribution is 5.93. The van der Waals surface area contributed by atoms with Crippen molar-refractivity contribution in [3.8, 4) is 11.3 Å². The molecule has 2 heterocycles. The molecule has 0 aliphatic heterocycles. The Morgan fingerprint density at radius 3 is 2.81 bits per heavy atom. The Kier molecular flexibility index (Phi) is 3.60. The van der Waals surface area contributed by atoms with E-state index in [0.717, 1.165) is 11.3 Å². The predicted octanol–water partition coefficient (Wildman–Crippen LogP) is 2.17. The fourth-order valence-electron chi connectivity index (χ4n) is 1.84. The number of hydrazone groups is 1. The maximum Gasteiger partial charge on any atom is 0.289 e. The number of hydrogen-bond donors (Lipinski definition) is 3. The zero-order chi connectivity index (χ0) is 14.5. The SMILES string of the molecule is O=C(N/N=C/c1ccc[nH]1)c1cc(-c2ccccc2)n[nH]1. The van der Waals surface area contributed by atoms with Gasteiger partial charge in [0.1, 0.15) is 5.69 Å². The summed E-state index contributed by atoms with van der Waals surface area (Å²) in [5.74, 6) is -0.340. The van der Waals surface area contributed by atoms with E-state index in [2.05, 4.69) is 25.7 Å². The summed E-state index contributed by atoms with van der Waals surface area (Å²) >= 11 is 0. The monoisotopic (exact) mass is 279 g/mol. The zero-order valence-electron chi connectivity index (χ0n) is 11.1. The number of nitrogens with one attached hydrogen (secondary N) is 3. The van der Waals surface area contributed by atoms with Gasteiger partial charge in [0, 0.05) is 11.8 Å². The van der Waals surface area contributed by atoms with Crippen molar-refractivity contribution in [3.05, 3.63) is 66.1 Å². The van der Waals surface area contributed by atoms with Crippen molar-refractivity contribution in [2.45, 2.75) is 0 Å². The van der Waals surface area contributed by atoms with Gasteiger partial charge in [0.05, 0.1) is 17.6 Å². The first-order chi connectivity index (χ1) is 10.3. The molecular weight excluding hydrogens is 266 g/mol. The summed E-state index contributed by atoms with van der Waals surface area (Å²) in [7, 11) is 0. The number of H-pyrrole nitrogens is 2. The fourth-order valence-corrected chi connectivity index (χ4v) is 1.84. The van der Waals surface area contributed by atoms with Gasteiger partial charge in [-0.15, -0.1) is 0 Å². The summed E-state index contributed by atoms with van der Waals surface area (Å²) in [4.78, 5) is 14.9. The standard InChI is InChI=1S/C15H13N5O/c21-15(20-17-10-12-7-4-8-16-12)14-9-13(18-19-14)11-5-2-1-3-6-11/h1-10,16H,(H,18,19)(H,20,21)/b17-10+. The number of benzene rings is 1. The lowest BCUT2D eigenvalue weighted by atomic mass is 10.1. The number of aromatic amines is 2. The van der Waals surface area contributed by atoms with E-state index >= 15 is 0 Å². The molecule has 0 spiro atoms. The molecule has 3 aromatic rings. The molecule has 3 rings (SSSR count). The molecule has 1 aromatic carbocycles.